The number of hydrogen-bond acceptors (Lipinski definition) is 21. The third-order valence-electron chi connectivity index (χ3n) is 9.83. The zero-order valence-corrected chi connectivity index (χ0v) is 42.3. The molecule has 72 heavy (non-hydrogen) atoms. The first-order valence-corrected chi connectivity index (χ1v) is 23.8. The van der Waals surface area contributed by atoms with Crippen molar-refractivity contribution in [1.29, 1.82) is 0 Å². The summed E-state index contributed by atoms with van der Waals surface area (Å²) in [6.07, 6.45) is -8.03. The van der Waals surface area contributed by atoms with Gasteiger partial charge in [0, 0.05) is 60.0 Å². The van der Waals surface area contributed by atoms with Crippen LogP contribution in [0.25, 0.3) is 0 Å². The summed E-state index contributed by atoms with van der Waals surface area (Å²) >= 11 is 0. The molecular weight excluding hydrogens is 949 g/mol. The van der Waals surface area contributed by atoms with Crippen molar-refractivity contribution in [2.24, 2.45) is 0 Å². The Hall–Kier alpha value is -6.64. The standard InChI is InChI=1S/C51H72O21/c1-32(2)46(57)62-26-16-11-21-38(52)67-31-37-43(69-39(53)22-12-17-27-63-47(58)33(3)4)44(70-40(54)23-13-18-28-64-48(59)34(5)6)45(71-41(55)24-14-19-29-65-49(60)35(7)8)51(68-37)72-42(56)25-15-20-30-66-50(61)36(9)10/h37,43-45,51H,1,3,5,7,9,11-31H2,2,4,6,8,10H3/t37-,43-,44+,45-,51-/m1/s1. The first kappa shape index (κ1) is 63.4. The van der Waals surface area contributed by atoms with E-state index in [0.29, 0.717) is 0 Å². The van der Waals surface area contributed by atoms with E-state index >= 15 is 0 Å². The molecule has 0 radical (unpaired) electrons. The molecule has 21 nitrogen and oxygen atoms in total. The number of ether oxygens (including phenoxy) is 11. The van der Waals surface area contributed by atoms with Gasteiger partial charge >= 0.3 is 59.7 Å². The Morgan fingerprint density at radius 1 is 0.333 bits per heavy atom. The van der Waals surface area contributed by atoms with E-state index in [9.17, 15) is 47.9 Å². The highest BCUT2D eigenvalue weighted by Gasteiger charge is 2.54. The van der Waals surface area contributed by atoms with Gasteiger partial charge in [-0.25, -0.2) is 24.0 Å². The maximum Gasteiger partial charge on any atom is 0.333 e. The van der Waals surface area contributed by atoms with Crippen LogP contribution in [0.4, 0.5) is 0 Å². The van der Waals surface area contributed by atoms with E-state index in [1.165, 1.54) is 34.6 Å². The number of esters is 10. The lowest BCUT2D eigenvalue weighted by atomic mass is 9.97. The number of carbonyl (C=O) groups is 10. The van der Waals surface area contributed by atoms with Crippen molar-refractivity contribution in [1.82, 2.24) is 0 Å². The van der Waals surface area contributed by atoms with Crippen molar-refractivity contribution in [2.45, 2.75) is 162 Å². The van der Waals surface area contributed by atoms with Crippen LogP contribution in [0.5, 0.6) is 0 Å². The molecule has 1 aliphatic heterocycles. The Bertz CT molecular complexity index is 1950. The number of carbonyl (C=O) groups excluding carboxylic acids is 10. The Balaban J connectivity index is 3.61. The Labute approximate surface area is 420 Å². The molecule has 1 fully saturated rings. The fourth-order valence-corrected chi connectivity index (χ4v) is 5.87. The van der Waals surface area contributed by atoms with Crippen LogP contribution in [-0.4, -0.2) is 130 Å². The third-order valence-corrected chi connectivity index (χ3v) is 9.83. The highest BCUT2D eigenvalue weighted by molar-refractivity contribution is 5.88. The average molecular weight is 1020 g/mol. The van der Waals surface area contributed by atoms with Crippen LogP contribution in [0, 0.1) is 0 Å². The molecule has 1 saturated heterocycles. The molecule has 1 aliphatic rings. The molecule has 1 rings (SSSR count). The van der Waals surface area contributed by atoms with Gasteiger partial charge in [-0.05, 0) is 98.8 Å². The molecule has 402 valence electrons. The molecule has 0 aromatic rings. The first-order chi connectivity index (χ1) is 34.0. The molecule has 0 N–H and O–H groups in total. The van der Waals surface area contributed by atoms with E-state index in [2.05, 4.69) is 32.9 Å². The highest BCUT2D eigenvalue weighted by Crippen LogP contribution is 2.31. The van der Waals surface area contributed by atoms with Gasteiger partial charge in [0.25, 0.3) is 0 Å². The molecule has 0 aliphatic carbocycles. The second-order valence-corrected chi connectivity index (χ2v) is 16.9. The normalized spacial score (nSPS) is 16.8. The molecule has 0 spiro atoms. The second-order valence-electron chi connectivity index (χ2n) is 16.9. The van der Waals surface area contributed by atoms with E-state index < -0.39 is 97.0 Å². The Morgan fingerprint density at radius 2 is 0.597 bits per heavy atom. The van der Waals surface area contributed by atoms with Crippen LogP contribution in [0.3, 0.4) is 0 Å². The molecule has 5 atom stereocenters. The van der Waals surface area contributed by atoms with E-state index in [-0.39, 0.29) is 157 Å². The summed E-state index contributed by atoms with van der Waals surface area (Å²) in [4.78, 5) is 127. The number of hydrogen-bond donors (Lipinski definition) is 0. The van der Waals surface area contributed by atoms with Gasteiger partial charge in [-0.2, -0.15) is 0 Å². The lowest BCUT2D eigenvalue weighted by molar-refractivity contribution is -0.301. The Kier molecular flexibility index (Phi) is 31.2. The monoisotopic (exact) mass is 1020 g/mol. The summed E-state index contributed by atoms with van der Waals surface area (Å²) in [6.45, 7) is 24.1. The number of rotatable bonds is 36. The molecule has 1 heterocycles. The lowest BCUT2D eigenvalue weighted by Crippen LogP contribution is -2.63. The minimum absolute atomic E-state index is 0.00101. The summed E-state index contributed by atoms with van der Waals surface area (Å²) in [5.41, 5.74) is 0.917. The SMILES string of the molecule is C=C(C)C(=O)OCCCCC(=O)OC[C@H]1O[C@H](OC(=O)CCCCOC(=O)C(=C)C)[C@H](OC(=O)CCCCOC(=O)C(=C)C)[C@@H](OC(=O)CCCCOC(=O)C(=C)C)[C@@H]1OC(=O)CCCCOC(=O)C(=C)C. The van der Waals surface area contributed by atoms with E-state index in [1.54, 1.807) is 0 Å². The van der Waals surface area contributed by atoms with E-state index in [0.717, 1.165) is 0 Å². The first-order valence-electron chi connectivity index (χ1n) is 23.8. The molecule has 0 unspecified atom stereocenters. The van der Waals surface area contributed by atoms with Gasteiger partial charge in [0.05, 0.1) is 33.0 Å². The van der Waals surface area contributed by atoms with Crippen LogP contribution in [0.15, 0.2) is 60.8 Å². The smallest absolute Gasteiger partial charge is 0.333 e. The van der Waals surface area contributed by atoms with Gasteiger partial charge in [-0.15, -0.1) is 0 Å². The van der Waals surface area contributed by atoms with Gasteiger partial charge < -0.3 is 52.1 Å². The predicted molar refractivity (Wildman–Crippen MR) is 253 cm³/mol. The fourth-order valence-electron chi connectivity index (χ4n) is 5.87. The summed E-state index contributed by atoms with van der Waals surface area (Å²) in [6, 6.07) is 0. The second kappa shape index (κ2) is 35.5. The van der Waals surface area contributed by atoms with Crippen molar-refractivity contribution in [3.8, 4) is 0 Å². The largest absolute Gasteiger partial charge is 0.463 e. The van der Waals surface area contributed by atoms with Gasteiger partial charge in [0.1, 0.15) is 12.7 Å². The van der Waals surface area contributed by atoms with Crippen LogP contribution in [0.2, 0.25) is 0 Å². The quantitative estimate of drug-likeness (QED) is 0.0302. The van der Waals surface area contributed by atoms with E-state index in [1.807, 2.05) is 0 Å². The van der Waals surface area contributed by atoms with Gasteiger partial charge in [0.15, 0.2) is 12.2 Å². The zero-order valence-electron chi connectivity index (χ0n) is 42.3. The molecule has 0 aromatic heterocycles. The summed E-state index contributed by atoms with van der Waals surface area (Å²) in [7, 11) is 0. The molecule has 0 amide bonds. The van der Waals surface area contributed by atoms with Gasteiger partial charge in [-0.1, -0.05) is 32.9 Å². The van der Waals surface area contributed by atoms with Crippen molar-refractivity contribution >= 4 is 59.7 Å². The van der Waals surface area contributed by atoms with Crippen molar-refractivity contribution in [2.75, 3.05) is 39.6 Å². The molecule has 0 aromatic carbocycles. The lowest BCUT2D eigenvalue weighted by Gasteiger charge is -2.44. The van der Waals surface area contributed by atoms with Crippen molar-refractivity contribution in [3.05, 3.63) is 60.8 Å². The topological polar surface area (TPSA) is 272 Å². The highest BCUT2D eigenvalue weighted by atomic mass is 16.7. The van der Waals surface area contributed by atoms with E-state index in [4.69, 9.17) is 52.1 Å². The summed E-state index contributed by atoms with van der Waals surface area (Å²) in [5.74, 6) is -7.45. The minimum Gasteiger partial charge on any atom is -0.463 e. The van der Waals surface area contributed by atoms with Crippen LogP contribution in [-0.2, 0) is 100 Å². The van der Waals surface area contributed by atoms with Gasteiger partial charge in [0.2, 0.25) is 12.4 Å². The predicted octanol–water partition coefficient (Wildman–Crippen LogP) is 5.98. The minimum atomic E-state index is -1.87. The molecule has 21 heteroatoms. The maximum absolute atomic E-state index is 13.7. The third kappa shape index (κ3) is 27.7. The van der Waals surface area contributed by atoms with Crippen molar-refractivity contribution < 1.29 is 100 Å². The average Bonchev–Trinajstić information content (AvgIpc) is 3.31. The van der Waals surface area contributed by atoms with Crippen LogP contribution in [0.1, 0.15) is 131 Å². The van der Waals surface area contributed by atoms with Crippen LogP contribution < -0.4 is 0 Å². The fraction of sp³-hybridized carbons (Fsp3) is 0.608. The molecular formula is C51H72O21. The number of unbranched alkanes of at least 4 members (excludes halogenated alkanes) is 5. The summed E-state index contributed by atoms with van der Waals surface area (Å²) < 4.78 is 60.6. The molecule has 0 bridgehead atoms. The zero-order chi connectivity index (χ0) is 54.2. The van der Waals surface area contributed by atoms with Crippen LogP contribution >= 0.6 is 0 Å². The maximum atomic E-state index is 13.7. The van der Waals surface area contributed by atoms with Crippen molar-refractivity contribution in [3.63, 3.8) is 0 Å². The van der Waals surface area contributed by atoms with Gasteiger partial charge in [-0.3, -0.25) is 24.0 Å². The molecule has 0 saturated carbocycles. The summed E-state index contributed by atoms with van der Waals surface area (Å²) in [5, 5.41) is 0. The Morgan fingerprint density at radius 3 is 0.903 bits per heavy atom.